The maximum Gasteiger partial charge on any atom is 0.331 e. The van der Waals surface area contributed by atoms with E-state index in [4.69, 9.17) is 9.15 Å². The Balaban J connectivity index is 2.94. The molecule has 6 heteroatoms. The first-order chi connectivity index (χ1) is 8.84. The van der Waals surface area contributed by atoms with E-state index < -0.39 is 17.4 Å². The van der Waals surface area contributed by atoms with Crippen molar-refractivity contribution in [1.82, 2.24) is 10.3 Å². The van der Waals surface area contributed by atoms with Crippen molar-refractivity contribution in [2.45, 2.75) is 46.1 Å². The van der Waals surface area contributed by atoms with E-state index in [2.05, 4.69) is 10.3 Å². The van der Waals surface area contributed by atoms with Crippen LogP contribution >= 0.6 is 0 Å². The minimum atomic E-state index is -1.06. The molecule has 0 fully saturated rings. The van der Waals surface area contributed by atoms with Crippen molar-refractivity contribution in [3.05, 3.63) is 17.3 Å². The third-order valence-corrected chi connectivity index (χ3v) is 2.89. The van der Waals surface area contributed by atoms with Crippen molar-refractivity contribution in [2.24, 2.45) is 0 Å². The number of ether oxygens (including phenoxy) is 1. The fourth-order valence-corrected chi connectivity index (χ4v) is 1.99. The van der Waals surface area contributed by atoms with Gasteiger partial charge >= 0.3 is 5.97 Å². The van der Waals surface area contributed by atoms with Gasteiger partial charge in [0.25, 0.3) is 5.91 Å². The molecular formula is C13H20N2O4. The number of carbonyl (C=O) groups is 2. The zero-order valence-electron chi connectivity index (χ0n) is 12.0. The molecule has 1 aromatic rings. The van der Waals surface area contributed by atoms with Gasteiger partial charge in [-0.25, -0.2) is 9.78 Å². The number of aryl methyl sites for hydroxylation is 2. The molecule has 6 nitrogen and oxygen atoms in total. The molecule has 0 saturated carbocycles. The van der Waals surface area contributed by atoms with Crippen LogP contribution < -0.4 is 5.32 Å². The van der Waals surface area contributed by atoms with E-state index in [1.165, 1.54) is 7.11 Å². The van der Waals surface area contributed by atoms with Crippen LogP contribution in [-0.4, -0.2) is 29.5 Å². The SMILES string of the molecule is CCCC(C)(NC(=O)c1oc(C)nc1C)C(=O)OC. The highest BCUT2D eigenvalue weighted by Crippen LogP contribution is 2.17. The van der Waals surface area contributed by atoms with Crippen LogP contribution in [0.5, 0.6) is 0 Å². The first-order valence-corrected chi connectivity index (χ1v) is 6.19. The van der Waals surface area contributed by atoms with Crippen LogP contribution in [0.15, 0.2) is 4.42 Å². The summed E-state index contributed by atoms with van der Waals surface area (Å²) in [4.78, 5) is 28.0. The second-order valence-electron chi connectivity index (χ2n) is 4.68. The van der Waals surface area contributed by atoms with Crippen molar-refractivity contribution in [3.63, 3.8) is 0 Å². The minimum Gasteiger partial charge on any atom is -0.467 e. The third kappa shape index (κ3) is 3.33. The lowest BCUT2D eigenvalue weighted by atomic mass is 9.96. The van der Waals surface area contributed by atoms with E-state index in [1.54, 1.807) is 20.8 Å². The quantitative estimate of drug-likeness (QED) is 0.823. The molecule has 1 heterocycles. The maximum absolute atomic E-state index is 12.1. The van der Waals surface area contributed by atoms with Gasteiger partial charge in [-0.15, -0.1) is 0 Å². The number of nitrogens with one attached hydrogen (secondary N) is 1. The summed E-state index contributed by atoms with van der Waals surface area (Å²) >= 11 is 0. The number of rotatable bonds is 5. The van der Waals surface area contributed by atoms with Gasteiger partial charge in [-0.2, -0.15) is 0 Å². The zero-order chi connectivity index (χ0) is 14.6. The summed E-state index contributed by atoms with van der Waals surface area (Å²) in [5, 5.41) is 2.67. The zero-order valence-corrected chi connectivity index (χ0v) is 12.0. The lowest BCUT2D eigenvalue weighted by Gasteiger charge is -2.27. The maximum atomic E-state index is 12.1. The summed E-state index contributed by atoms with van der Waals surface area (Å²) in [5.74, 6) is -0.391. The van der Waals surface area contributed by atoms with Crippen LogP contribution in [0.1, 0.15) is 48.8 Å². The molecule has 0 aliphatic carbocycles. The number of carbonyl (C=O) groups excluding carboxylic acids is 2. The van der Waals surface area contributed by atoms with Crippen LogP contribution in [-0.2, 0) is 9.53 Å². The Hall–Kier alpha value is -1.85. The molecule has 0 aliphatic heterocycles. The van der Waals surface area contributed by atoms with E-state index in [9.17, 15) is 9.59 Å². The van der Waals surface area contributed by atoms with Gasteiger partial charge in [-0.3, -0.25) is 4.79 Å². The molecule has 1 amide bonds. The summed E-state index contributed by atoms with van der Waals surface area (Å²) in [6.45, 7) is 6.91. The van der Waals surface area contributed by atoms with Gasteiger partial charge in [0.2, 0.25) is 5.76 Å². The molecule has 0 aliphatic rings. The van der Waals surface area contributed by atoms with Crippen molar-refractivity contribution in [3.8, 4) is 0 Å². The summed E-state index contributed by atoms with van der Waals surface area (Å²) in [7, 11) is 1.30. The predicted octanol–water partition coefficient (Wildman–Crippen LogP) is 1.75. The van der Waals surface area contributed by atoms with Gasteiger partial charge in [-0.1, -0.05) is 13.3 Å². The highest BCUT2D eigenvalue weighted by Gasteiger charge is 2.36. The second-order valence-corrected chi connectivity index (χ2v) is 4.68. The number of aromatic nitrogens is 1. The van der Waals surface area contributed by atoms with Crippen molar-refractivity contribution in [2.75, 3.05) is 7.11 Å². The Morgan fingerprint density at radius 2 is 2.05 bits per heavy atom. The fraction of sp³-hybridized carbons (Fsp3) is 0.615. The first-order valence-electron chi connectivity index (χ1n) is 6.19. The average molecular weight is 268 g/mol. The molecule has 106 valence electrons. The van der Waals surface area contributed by atoms with Crippen LogP contribution in [0.2, 0.25) is 0 Å². The Kier molecular flexibility index (Phi) is 4.69. The standard InChI is InChI=1S/C13H20N2O4/c1-6-7-13(4,12(17)18-5)15-11(16)10-8(2)14-9(3)19-10/h6-7H2,1-5H3,(H,15,16). The minimum absolute atomic E-state index is 0.128. The predicted molar refractivity (Wildman–Crippen MR) is 68.8 cm³/mol. The molecule has 1 unspecified atom stereocenters. The van der Waals surface area contributed by atoms with Gasteiger partial charge in [0, 0.05) is 6.92 Å². The summed E-state index contributed by atoms with van der Waals surface area (Å²) in [5.41, 5.74) is -0.563. The summed E-state index contributed by atoms with van der Waals surface area (Å²) in [6.07, 6.45) is 1.22. The summed E-state index contributed by atoms with van der Waals surface area (Å²) < 4.78 is 9.98. The Labute approximate surface area is 112 Å². The molecule has 19 heavy (non-hydrogen) atoms. The molecule has 0 bridgehead atoms. The van der Waals surface area contributed by atoms with Crippen LogP contribution in [0.25, 0.3) is 0 Å². The number of hydrogen-bond donors (Lipinski definition) is 1. The number of methoxy groups -OCH3 is 1. The largest absolute Gasteiger partial charge is 0.467 e. The van der Waals surface area contributed by atoms with Gasteiger partial charge in [-0.05, 0) is 20.3 Å². The van der Waals surface area contributed by atoms with Crippen molar-refractivity contribution in [1.29, 1.82) is 0 Å². The van der Waals surface area contributed by atoms with E-state index in [0.717, 1.165) is 6.42 Å². The number of amides is 1. The Bertz CT molecular complexity index is 481. The molecule has 0 spiro atoms. The molecule has 1 N–H and O–H groups in total. The van der Waals surface area contributed by atoms with Crippen LogP contribution in [0, 0.1) is 13.8 Å². The molecule has 1 atom stereocenters. The molecule has 1 aromatic heterocycles. The highest BCUT2D eigenvalue weighted by atomic mass is 16.5. The van der Waals surface area contributed by atoms with Crippen molar-refractivity contribution < 1.29 is 18.7 Å². The Morgan fingerprint density at radius 1 is 1.42 bits per heavy atom. The van der Waals surface area contributed by atoms with Crippen LogP contribution in [0.4, 0.5) is 0 Å². The molecule has 1 rings (SSSR count). The van der Waals surface area contributed by atoms with Gasteiger partial charge < -0.3 is 14.5 Å². The smallest absolute Gasteiger partial charge is 0.331 e. The highest BCUT2D eigenvalue weighted by molar-refractivity contribution is 5.96. The molecule has 0 aromatic carbocycles. The number of nitrogens with zero attached hydrogens (tertiary/aromatic N) is 1. The average Bonchev–Trinajstić information content (AvgIpc) is 2.67. The first kappa shape index (κ1) is 15.2. The second kappa shape index (κ2) is 5.86. The lowest BCUT2D eigenvalue weighted by Crippen LogP contribution is -2.52. The molecule has 0 radical (unpaired) electrons. The fourth-order valence-electron chi connectivity index (χ4n) is 1.99. The Morgan fingerprint density at radius 3 is 2.47 bits per heavy atom. The molecule has 0 saturated heterocycles. The third-order valence-electron chi connectivity index (χ3n) is 2.89. The monoisotopic (exact) mass is 268 g/mol. The number of esters is 1. The van der Waals surface area contributed by atoms with E-state index in [0.29, 0.717) is 18.0 Å². The number of oxazole rings is 1. The lowest BCUT2D eigenvalue weighted by molar-refractivity contribution is -0.147. The topological polar surface area (TPSA) is 81.4 Å². The van der Waals surface area contributed by atoms with Crippen LogP contribution in [0.3, 0.4) is 0 Å². The van der Waals surface area contributed by atoms with Gasteiger partial charge in [0.15, 0.2) is 5.89 Å². The summed E-state index contributed by atoms with van der Waals surface area (Å²) in [6, 6.07) is 0. The van der Waals surface area contributed by atoms with E-state index in [-0.39, 0.29) is 5.76 Å². The van der Waals surface area contributed by atoms with Gasteiger partial charge in [0.1, 0.15) is 5.54 Å². The molecular weight excluding hydrogens is 248 g/mol. The normalized spacial score (nSPS) is 13.7. The van der Waals surface area contributed by atoms with E-state index in [1.807, 2.05) is 6.92 Å². The number of hydrogen-bond acceptors (Lipinski definition) is 5. The van der Waals surface area contributed by atoms with Crippen molar-refractivity contribution >= 4 is 11.9 Å². The van der Waals surface area contributed by atoms with E-state index >= 15 is 0 Å². The van der Waals surface area contributed by atoms with Gasteiger partial charge in [0.05, 0.1) is 12.8 Å².